The first kappa shape index (κ1) is 32.5. The van der Waals surface area contributed by atoms with Crippen molar-refractivity contribution < 1.29 is 26.8 Å². The fourth-order valence-electron chi connectivity index (χ4n) is 5.18. The molecule has 0 saturated carbocycles. The van der Waals surface area contributed by atoms with Crippen molar-refractivity contribution >= 4 is 44.6 Å². The molecular weight excluding hydrogens is 614 g/mol. The number of anilines is 3. The van der Waals surface area contributed by atoms with E-state index < -0.39 is 26.6 Å². The van der Waals surface area contributed by atoms with Crippen molar-refractivity contribution in [3.05, 3.63) is 97.0 Å². The molecule has 10 nitrogen and oxygen atoms in total. The first-order valence-corrected chi connectivity index (χ1v) is 16.3. The molecule has 2 heterocycles. The SMILES string of the molecule is CCN(CC)CCCCn1ccc2cc(-c3cc(Nc4ccc(N(OC=O)S(=O)(=O)c5ccc(F)cc5F)cc4)ncn3)ccc21. The minimum absolute atomic E-state index is 0.0890. The number of aromatic nitrogens is 3. The Morgan fingerprint density at radius 3 is 2.43 bits per heavy atom. The van der Waals surface area contributed by atoms with Gasteiger partial charge in [0.05, 0.1) is 11.4 Å². The normalized spacial score (nSPS) is 11.6. The zero-order valence-corrected chi connectivity index (χ0v) is 26.3. The lowest BCUT2D eigenvalue weighted by atomic mass is 10.1. The minimum atomic E-state index is -4.70. The van der Waals surface area contributed by atoms with Crippen molar-refractivity contribution in [1.82, 2.24) is 19.4 Å². The van der Waals surface area contributed by atoms with E-state index in [1.165, 1.54) is 30.6 Å². The van der Waals surface area contributed by atoms with Crippen LogP contribution in [0.4, 0.5) is 26.0 Å². The number of sulfonamides is 1. The zero-order chi connectivity index (χ0) is 32.7. The molecule has 2 aromatic heterocycles. The summed E-state index contributed by atoms with van der Waals surface area (Å²) in [5, 5.41) is 4.26. The van der Waals surface area contributed by atoms with Gasteiger partial charge in [-0.1, -0.05) is 24.4 Å². The van der Waals surface area contributed by atoms with Gasteiger partial charge in [0.15, 0.2) is 0 Å². The molecule has 1 N–H and O–H groups in total. The maximum Gasteiger partial charge on any atom is 0.322 e. The first-order valence-electron chi connectivity index (χ1n) is 14.8. The molecule has 0 atom stereocenters. The summed E-state index contributed by atoms with van der Waals surface area (Å²) in [5.41, 5.74) is 3.25. The molecular formula is C33H34F2N6O4S. The molecule has 0 saturated heterocycles. The van der Waals surface area contributed by atoms with E-state index in [-0.39, 0.29) is 16.6 Å². The Bertz CT molecular complexity index is 1910. The van der Waals surface area contributed by atoms with Gasteiger partial charge in [-0.25, -0.2) is 18.7 Å². The number of halogens is 2. The maximum absolute atomic E-state index is 14.3. The number of aryl methyl sites for hydroxylation is 1. The number of hydrogen-bond acceptors (Lipinski definition) is 8. The Balaban J connectivity index is 1.28. The molecule has 0 fully saturated rings. The van der Waals surface area contributed by atoms with Crippen molar-refractivity contribution in [2.45, 2.75) is 38.1 Å². The van der Waals surface area contributed by atoms with Gasteiger partial charge in [0.1, 0.15) is 28.7 Å². The smallest absolute Gasteiger partial charge is 0.322 e. The van der Waals surface area contributed by atoms with Gasteiger partial charge in [-0.2, -0.15) is 8.42 Å². The van der Waals surface area contributed by atoms with Crippen molar-refractivity contribution in [2.75, 3.05) is 29.4 Å². The molecule has 0 radical (unpaired) electrons. The number of carbonyl (C=O) groups is 1. The Hall–Kier alpha value is -4.88. The van der Waals surface area contributed by atoms with E-state index in [4.69, 9.17) is 0 Å². The maximum atomic E-state index is 14.3. The minimum Gasteiger partial charge on any atom is -0.347 e. The van der Waals surface area contributed by atoms with Crippen molar-refractivity contribution in [3.8, 4) is 11.3 Å². The van der Waals surface area contributed by atoms with Gasteiger partial charge in [-0.15, -0.1) is 0 Å². The highest BCUT2D eigenvalue weighted by Gasteiger charge is 2.30. The quantitative estimate of drug-likeness (QED) is 0.0776. The molecule has 5 rings (SSSR count). The van der Waals surface area contributed by atoms with Gasteiger partial charge < -0.3 is 19.6 Å². The number of hydrogen-bond donors (Lipinski definition) is 1. The predicted molar refractivity (Wildman–Crippen MR) is 173 cm³/mol. The average Bonchev–Trinajstić information content (AvgIpc) is 3.46. The third kappa shape index (κ3) is 7.32. The molecule has 0 bridgehead atoms. The number of unbranched alkanes of at least 4 members (excludes halogenated alkanes) is 1. The third-order valence-corrected chi connectivity index (χ3v) is 9.25. The molecule has 46 heavy (non-hydrogen) atoms. The summed E-state index contributed by atoms with van der Waals surface area (Å²) in [5.74, 6) is -1.78. The lowest BCUT2D eigenvalue weighted by Gasteiger charge is -2.21. The first-order chi connectivity index (χ1) is 22.2. The van der Waals surface area contributed by atoms with Gasteiger partial charge in [-0.3, -0.25) is 4.79 Å². The fraction of sp³-hybridized carbons (Fsp3) is 0.242. The van der Waals surface area contributed by atoms with Crippen LogP contribution >= 0.6 is 0 Å². The highest BCUT2D eigenvalue weighted by atomic mass is 32.2. The van der Waals surface area contributed by atoms with Crippen LogP contribution in [0.2, 0.25) is 0 Å². The van der Waals surface area contributed by atoms with E-state index in [1.807, 2.05) is 6.07 Å². The van der Waals surface area contributed by atoms with Crippen LogP contribution in [0.5, 0.6) is 0 Å². The number of fused-ring (bicyclic) bond motifs is 1. The summed E-state index contributed by atoms with van der Waals surface area (Å²) < 4.78 is 56.2. The Kier molecular flexibility index (Phi) is 10.2. The summed E-state index contributed by atoms with van der Waals surface area (Å²) in [7, 11) is -4.70. The third-order valence-electron chi connectivity index (χ3n) is 7.63. The monoisotopic (exact) mass is 648 g/mol. The van der Waals surface area contributed by atoms with Crippen molar-refractivity contribution in [3.63, 3.8) is 0 Å². The largest absolute Gasteiger partial charge is 0.347 e. The molecule has 3 aromatic carbocycles. The Morgan fingerprint density at radius 2 is 1.72 bits per heavy atom. The molecule has 0 spiro atoms. The van der Waals surface area contributed by atoms with E-state index in [9.17, 15) is 22.0 Å². The molecule has 5 aromatic rings. The molecule has 0 amide bonds. The number of nitrogens with one attached hydrogen (secondary N) is 1. The Labute approximate surface area is 266 Å². The molecule has 13 heteroatoms. The predicted octanol–water partition coefficient (Wildman–Crippen LogP) is 6.53. The molecule has 0 aliphatic carbocycles. The summed E-state index contributed by atoms with van der Waals surface area (Å²) in [6.07, 6.45) is 5.82. The second-order valence-corrected chi connectivity index (χ2v) is 12.2. The summed E-state index contributed by atoms with van der Waals surface area (Å²) in [6, 6.07) is 17.9. The molecule has 0 aliphatic heterocycles. The fourth-order valence-corrected chi connectivity index (χ4v) is 6.45. The van der Waals surface area contributed by atoms with Crippen LogP contribution in [0.3, 0.4) is 0 Å². The average molecular weight is 649 g/mol. The van der Waals surface area contributed by atoms with Crippen LogP contribution in [-0.4, -0.2) is 54.0 Å². The van der Waals surface area contributed by atoms with Crippen molar-refractivity contribution in [2.24, 2.45) is 0 Å². The standard InChI is InChI=1S/C33H34F2N6O4S/c1-3-39(4-2)16-5-6-17-40-18-15-25-19-24(7-13-31(25)40)30-21-33(37-22-36-30)38-27-9-11-28(12-10-27)41(45-23-42)46(43,44)32-14-8-26(34)20-29(32)35/h7-15,18-23H,3-6,16-17H2,1-2H3,(H,36,37,38). The number of benzene rings is 3. The topological polar surface area (TPSA) is 110 Å². The van der Waals surface area contributed by atoms with Gasteiger partial charge >= 0.3 is 6.47 Å². The molecule has 240 valence electrons. The van der Waals surface area contributed by atoms with Crippen LogP contribution < -0.4 is 9.79 Å². The van der Waals surface area contributed by atoms with Gasteiger partial charge in [0.25, 0.3) is 10.0 Å². The van der Waals surface area contributed by atoms with Crippen LogP contribution in [0.1, 0.15) is 26.7 Å². The zero-order valence-electron chi connectivity index (χ0n) is 25.4. The highest BCUT2D eigenvalue weighted by Crippen LogP contribution is 2.29. The van der Waals surface area contributed by atoms with Crippen LogP contribution in [0, 0.1) is 11.6 Å². The summed E-state index contributed by atoms with van der Waals surface area (Å²) in [6.45, 7) is 8.49. The second kappa shape index (κ2) is 14.5. The number of rotatable bonds is 15. The number of carbonyl (C=O) groups excluding carboxylic acids is 1. The lowest BCUT2D eigenvalue weighted by Crippen LogP contribution is -2.31. The molecule has 0 aliphatic rings. The molecule has 0 unspecified atom stereocenters. The van der Waals surface area contributed by atoms with Crippen molar-refractivity contribution in [1.29, 1.82) is 0 Å². The summed E-state index contributed by atoms with van der Waals surface area (Å²) >= 11 is 0. The van der Waals surface area contributed by atoms with Crippen LogP contribution in [0.15, 0.2) is 90.2 Å². The second-order valence-electron chi connectivity index (χ2n) is 10.5. The van der Waals surface area contributed by atoms with E-state index in [0.717, 1.165) is 67.6 Å². The van der Waals surface area contributed by atoms with Gasteiger partial charge in [0.2, 0.25) is 0 Å². The van der Waals surface area contributed by atoms with Gasteiger partial charge in [0, 0.05) is 47.0 Å². The number of nitrogens with zero attached hydrogens (tertiary/aromatic N) is 5. The van der Waals surface area contributed by atoms with E-state index in [2.05, 4.69) is 67.8 Å². The highest BCUT2D eigenvalue weighted by molar-refractivity contribution is 7.92. The van der Waals surface area contributed by atoms with E-state index >= 15 is 0 Å². The Morgan fingerprint density at radius 1 is 0.935 bits per heavy atom. The van der Waals surface area contributed by atoms with Crippen LogP contribution in [-0.2, 0) is 26.2 Å². The van der Waals surface area contributed by atoms with E-state index in [0.29, 0.717) is 23.3 Å². The summed E-state index contributed by atoms with van der Waals surface area (Å²) in [4.78, 5) is 26.1. The van der Waals surface area contributed by atoms with Crippen LogP contribution in [0.25, 0.3) is 22.2 Å². The lowest BCUT2D eigenvalue weighted by molar-refractivity contribution is -0.128. The van der Waals surface area contributed by atoms with Gasteiger partial charge in [-0.05, 0) is 87.1 Å². The van der Waals surface area contributed by atoms with E-state index in [1.54, 1.807) is 6.07 Å².